The van der Waals surface area contributed by atoms with Crippen LogP contribution in [0.3, 0.4) is 0 Å². The molecule has 1 saturated heterocycles. The molecule has 0 aliphatic carbocycles. The number of anilines is 1. The van der Waals surface area contributed by atoms with E-state index in [0.29, 0.717) is 6.04 Å². The van der Waals surface area contributed by atoms with Gasteiger partial charge in [0, 0.05) is 23.7 Å². The van der Waals surface area contributed by atoms with Crippen LogP contribution >= 0.6 is 0 Å². The third-order valence-corrected chi connectivity index (χ3v) is 3.51. The zero-order chi connectivity index (χ0) is 12.6. The van der Waals surface area contributed by atoms with E-state index in [1.807, 2.05) is 6.20 Å². The molecule has 18 heavy (non-hydrogen) atoms. The topological polar surface area (TPSA) is 49.9 Å². The lowest BCUT2D eigenvalue weighted by atomic mass is 9.94. The fraction of sp³-hybridized carbons (Fsp3) is 0.500. The molecule has 96 valence electrons. The minimum atomic E-state index is -0.0182. The molecule has 1 unspecified atom stereocenters. The van der Waals surface area contributed by atoms with Crippen molar-refractivity contribution in [3.63, 3.8) is 0 Å². The summed E-state index contributed by atoms with van der Waals surface area (Å²) < 4.78 is 5.74. The summed E-state index contributed by atoms with van der Waals surface area (Å²) in [5, 5.41) is 11.7. The third-order valence-electron chi connectivity index (χ3n) is 3.51. The summed E-state index contributed by atoms with van der Waals surface area (Å²) in [7, 11) is 0. The maximum absolute atomic E-state index is 5.74. The first-order chi connectivity index (χ1) is 8.62. The molecule has 2 aromatic rings. The molecule has 1 aliphatic heterocycles. The summed E-state index contributed by atoms with van der Waals surface area (Å²) in [6.45, 7) is 5.14. The molecule has 0 spiro atoms. The number of aromatic amines is 1. The average molecular weight is 245 g/mol. The second-order valence-electron chi connectivity index (χ2n) is 5.61. The Morgan fingerprint density at radius 3 is 3.17 bits per heavy atom. The summed E-state index contributed by atoms with van der Waals surface area (Å²) in [5.74, 6) is 0. The smallest absolute Gasteiger partial charge is 0.0651 e. The Bertz CT molecular complexity index is 547. The molecule has 1 fully saturated rings. The van der Waals surface area contributed by atoms with Crippen molar-refractivity contribution in [1.82, 2.24) is 10.2 Å². The molecule has 0 saturated carbocycles. The van der Waals surface area contributed by atoms with E-state index in [0.717, 1.165) is 36.0 Å². The second kappa shape index (κ2) is 4.28. The number of hydrogen-bond donors (Lipinski definition) is 2. The maximum atomic E-state index is 5.74. The van der Waals surface area contributed by atoms with Gasteiger partial charge in [0.05, 0.1) is 17.3 Å². The molecule has 1 aliphatic rings. The number of aromatic nitrogens is 2. The molecule has 4 heteroatoms. The lowest BCUT2D eigenvalue weighted by Crippen LogP contribution is -2.40. The van der Waals surface area contributed by atoms with E-state index in [-0.39, 0.29) is 5.60 Å². The van der Waals surface area contributed by atoms with Crippen molar-refractivity contribution in [3.05, 3.63) is 24.4 Å². The highest BCUT2D eigenvalue weighted by molar-refractivity contribution is 5.81. The normalized spacial score (nSPS) is 23.1. The molecule has 0 bridgehead atoms. The Kier molecular flexibility index (Phi) is 2.74. The first kappa shape index (κ1) is 11.5. The summed E-state index contributed by atoms with van der Waals surface area (Å²) in [4.78, 5) is 0. The van der Waals surface area contributed by atoms with Gasteiger partial charge in [-0.2, -0.15) is 5.10 Å². The van der Waals surface area contributed by atoms with Gasteiger partial charge in [-0.05, 0) is 44.9 Å². The molecular formula is C14H19N3O. The predicted molar refractivity (Wildman–Crippen MR) is 72.8 cm³/mol. The first-order valence-electron chi connectivity index (χ1n) is 6.46. The number of H-pyrrole nitrogens is 1. The highest BCUT2D eigenvalue weighted by Crippen LogP contribution is 2.27. The van der Waals surface area contributed by atoms with Crippen LogP contribution in [0.1, 0.15) is 26.7 Å². The predicted octanol–water partition coefficient (Wildman–Crippen LogP) is 2.93. The molecule has 1 aromatic carbocycles. The molecular weight excluding hydrogens is 226 g/mol. The number of nitrogens with zero attached hydrogens (tertiary/aromatic N) is 1. The monoisotopic (exact) mass is 245 g/mol. The van der Waals surface area contributed by atoms with Gasteiger partial charge < -0.3 is 10.1 Å². The van der Waals surface area contributed by atoms with Crippen molar-refractivity contribution >= 4 is 16.6 Å². The van der Waals surface area contributed by atoms with Gasteiger partial charge in [-0.1, -0.05) is 0 Å². The number of hydrogen-bond acceptors (Lipinski definition) is 3. The van der Waals surface area contributed by atoms with Crippen LogP contribution in [0.25, 0.3) is 10.9 Å². The van der Waals surface area contributed by atoms with Gasteiger partial charge in [-0.25, -0.2) is 0 Å². The lowest BCUT2D eigenvalue weighted by Gasteiger charge is -2.36. The van der Waals surface area contributed by atoms with Crippen molar-refractivity contribution in [2.75, 3.05) is 11.9 Å². The van der Waals surface area contributed by atoms with Gasteiger partial charge in [-0.15, -0.1) is 0 Å². The minimum absolute atomic E-state index is 0.0182. The van der Waals surface area contributed by atoms with Crippen molar-refractivity contribution < 1.29 is 4.74 Å². The zero-order valence-electron chi connectivity index (χ0n) is 10.9. The molecule has 2 heterocycles. The van der Waals surface area contributed by atoms with Crippen molar-refractivity contribution in [1.29, 1.82) is 0 Å². The first-order valence-corrected chi connectivity index (χ1v) is 6.46. The van der Waals surface area contributed by atoms with Crippen molar-refractivity contribution in [2.45, 2.75) is 38.3 Å². The Morgan fingerprint density at radius 1 is 1.44 bits per heavy atom. The molecule has 2 N–H and O–H groups in total. The maximum Gasteiger partial charge on any atom is 0.0651 e. The number of fused-ring (bicyclic) bond motifs is 1. The fourth-order valence-corrected chi connectivity index (χ4v) is 2.62. The second-order valence-corrected chi connectivity index (χ2v) is 5.61. The standard InChI is InChI=1S/C14H19N3O/c1-14(2)8-12(5-6-18-14)16-11-3-4-13-10(7-11)9-15-17-13/h3-4,7,9,12,16H,5-6,8H2,1-2H3,(H,15,17). The quantitative estimate of drug-likeness (QED) is 0.855. The van der Waals surface area contributed by atoms with Crippen LogP contribution in [0.5, 0.6) is 0 Å². The summed E-state index contributed by atoms with van der Waals surface area (Å²) in [6.07, 6.45) is 3.96. The van der Waals surface area contributed by atoms with Crippen LogP contribution in [0, 0.1) is 0 Å². The summed E-state index contributed by atoms with van der Waals surface area (Å²) >= 11 is 0. The summed E-state index contributed by atoms with van der Waals surface area (Å²) in [6, 6.07) is 6.79. The highest BCUT2D eigenvalue weighted by Gasteiger charge is 2.28. The molecule has 1 aromatic heterocycles. The van der Waals surface area contributed by atoms with Crippen LogP contribution in [0.4, 0.5) is 5.69 Å². The van der Waals surface area contributed by atoms with Crippen LogP contribution in [-0.2, 0) is 4.74 Å². The SMILES string of the molecule is CC1(C)CC(Nc2ccc3[nH]ncc3c2)CCO1. The van der Waals surface area contributed by atoms with Gasteiger partial charge in [0.15, 0.2) is 0 Å². The third kappa shape index (κ3) is 2.34. The van der Waals surface area contributed by atoms with Crippen molar-refractivity contribution in [3.8, 4) is 0 Å². The van der Waals surface area contributed by atoms with Gasteiger partial charge >= 0.3 is 0 Å². The number of ether oxygens (including phenoxy) is 1. The largest absolute Gasteiger partial charge is 0.382 e. The minimum Gasteiger partial charge on any atom is -0.382 e. The Hall–Kier alpha value is -1.55. The van der Waals surface area contributed by atoms with E-state index in [1.54, 1.807) is 0 Å². The van der Waals surface area contributed by atoms with E-state index in [9.17, 15) is 0 Å². The number of rotatable bonds is 2. The molecule has 1 atom stereocenters. The lowest BCUT2D eigenvalue weighted by molar-refractivity contribution is -0.0553. The van der Waals surface area contributed by atoms with Gasteiger partial charge in [0.25, 0.3) is 0 Å². The molecule has 0 amide bonds. The number of nitrogens with one attached hydrogen (secondary N) is 2. The van der Waals surface area contributed by atoms with E-state index in [1.165, 1.54) is 0 Å². The van der Waals surface area contributed by atoms with Gasteiger partial charge in [0.2, 0.25) is 0 Å². The number of benzene rings is 1. The molecule has 3 rings (SSSR count). The summed E-state index contributed by atoms with van der Waals surface area (Å²) in [5.41, 5.74) is 2.22. The van der Waals surface area contributed by atoms with Gasteiger partial charge in [-0.3, -0.25) is 5.10 Å². The highest BCUT2D eigenvalue weighted by atomic mass is 16.5. The van der Waals surface area contributed by atoms with Crippen molar-refractivity contribution in [2.24, 2.45) is 0 Å². The fourth-order valence-electron chi connectivity index (χ4n) is 2.62. The Morgan fingerprint density at radius 2 is 2.33 bits per heavy atom. The van der Waals surface area contributed by atoms with Crippen LogP contribution in [0.2, 0.25) is 0 Å². The van der Waals surface area contributed by atoms with Gasteiger partial charge in [0.1, 0.15) is 0 Å². The van der Waals surface area contributed by atoms with Crippen LogP contribution < -0.4 is 5.32 Å². The van der Waals surface area contributed by atoms with E-state index in [4.69, 9.17) is 4.74 Å². The Labute approximate surface area is 107 Å². The average Bonchev–Trinajstić information content (AvgIpc) is 2.74. The van der Waals surface area contributed by atoms with Crippen LogP contribution in [-0.4, -0.2) is 28.4 Å². The molecule has 0 radical (unpaired) electrons. The molecule has 4 nitrogen and oxygen atoms in total. The van der Waals surface area contributed by atoms with E-state index in [2.05, 4.69) is 47.6 Å². The van der Waals surface area contributed by atoms with E-state index < -0.39 is 0 Å². The zero-order valence-corrected chi connectivity index (χ0v) is 10.9. The van der Waals surface area contributed by atoms with Crippen LogP contribution in [0.15, 0.2) is 24.4 Å². The Balaban J connectivity index is 1.75. The van der Waals surface area contributed by atoms with E-state index >= 15 is 0 Å².